The van der Waals surface area contributed by atoms with Gasteiger partial charge in [0, 0.05) is 33.9 Å². The molecule has 0 aliphatic heterocycles. The first-order valence-electron chi connectivity index (χ1n) is 21.8. The lowest BCUT2D eigenvalue weighted by atomic mass is 10.0. The van der Waals surface area contributed by atoms with Gasteiger partial charge in [-0.15, -0.1) is 0 Å². The summed E-state index contributed by atoms with van der Waals surface area (Å²) >= 11 is 7.25. The summed E-state index contributed by atoms with van der Waals surface area (Å²) in [5.41, 5.74) is 3.89. The molecule has 0 N–H and O–H groups in total. The molecule has 0 bridgehead atoms. The van der Waals surface area contributed by atoms with Gasteiger partial charge < -0.3 is 9.47 Å². The molecule has 0 aromatic heterocycles. The SMILES string of the molecule is CCCCCCCCCCCCCCCCOc1cc(N=Nc2ccc(CBr)c(OCCCCCCCCCCCCCCCC)c2)ccc1CBr. The number of hydrogen-bond donors (Lipinski definition) is 0. The fraction of sp³-hybridized carbons (Fsp3) is 0.739. The highest BCUT2D eigenvalue weighted by atomic mass is 79.9. The smallest absolute Gasteiger partial charge is 0.125 e. The molecular weight excluding hydrogens is 772 g/mol. The molecule has 0 saturated carbocycles. The third kappa shape index (κ3) is 24.1. The summed E-state index contributed by atoms with van der Waals surface area (Å²) in [5.74, 6) is 1.80. The molecule has 0 aliphatic rings. The van der Waals surface area contributed by atoms with E-state index in [0.717, 1.165) is 70.7 Å². The third-order valence-electron chi connectivity index (χ3n) is 10.2. The minimum Gasteiger partial charge on any atom is -0.493 e. The molecule has 0 atom stereocenters. The first-order chi connectivity index (χ1) is 25.7. The highest BCUT2D eigenvalue weighted by molar-refractivity contribution is 9.08. The van der Waals surface area contributed by atoms with E-state index in [4.69, 9.17) is 9.47 Å². The van der Waals surface area contributed by atoms with Crippen molar-refractivity contribution in [2.45, 2.75) is 204 Å². The summed E-state index contributed by atoms with van der Waals surface area (Å²) < 4.78 is 12.5. The zero-order valence-electron chi connectivity index (χ0n) is 33.6. The Labute approximate surface area is 337 Å². The van der Waals surface area contributed by atoms with Gasteiger partial charge in [0.05, 0.1) is 24.6 Å². The van der Waals surface area contributed by atoms with E-state index in [9.17, 15) is 0 Å². The molecule has 0 radical (unpaired) electrons. The lowest BCUT2D eigenvalue weighted by molar-refractivity contribution is 0.302. The Kier molecular flexibility index (Phi) is 30.7. The van der Waals surface area contributed by atoms with Crippen LogP contribution in [0.2, 0.25) is 0 Å². The second kappa shape index (κ2) is 34.1. The Balaban J connectivity index is 1.63. The number of halogens is 2. The van der Waals surface area contributed by atoms with Gasteiger partial charge in [-0.3, -0.25) is 0 Å². The molecule has 0 fully saturated rings. The van der Waals surface area contributed by atoms with Gasteiger partial charge in [-0.1, -0.05) is 225 Å². The number of alkyl halides is 2. The molecule has 296 valence electrons. The van der Waals surface area contributed by atoms with Crippen LogP contribution in [-0.4, -0.2) is 13.2 Å². The largest absolute Gasteiger partial charge is 0.493 e. The zero-order chi connectivity index (χ0) is 37.2. The van der Waals surface area contributed by atoms with Crippen molar-refractivity contribution in [3.05, 3.63) is 47.5 Å². The van der Waals surface area contributed by atoms with Crippen LogP contribution in [0.15, 0.2) is 46.6 Å². The number of nitrogens with zero attached hydrogens (tertiary/aromatic N) is 2. The van der Waals surface area contributed by atoms with Gasteiger partial charge in [-0.2, -0.15) is 10.2 Å². The van der Waals surface area contributed by atoms with Crippen LogP contribution in [0.5, 0.6) is 11.5 Å². The highest BCUT2D eigenvalue weighted by Crippen LogP contribution is 2.31. The van der Waals surface area contributed by atoms with Gasteiger partial charge in [0.2, 0.25) is 0 Å². The average molecular weight is 849 g/mol. The average Bonchev–Trinajstić information content (AvgIpc) is 3.17. The summed E-state index contributed by atoms with van der Waals surface area (Å²) in [5, 5.41) is 10.7. The van der Waals surface area contributed by atoms with Crippen LogP contribution in [0.25, 0.3) is 0 Å². The van der Waals surface area contributed by atoms with Crippen LogP contribution in [0.4, 0.5) is 11.4 Å². The second-order valence-electron chi connectivity index (χ2n) is 14.9. The van der Waals surface area contributed by atoms with Crippen LogP contribution in [0, 0.1) is 0 Å². The third-order valence-corrected chi connectivity index (χ3v) is 11.4. The van der Waals surface area contributed by atoms with Crippen molar-refractivity contribution in [1.82, 2.24) is 0 Å². The Hall–Kier alpha value is -1.40. The topological polar surface area (TPSA) is 43.2 Å². The van der Waals surface area contributed by atoms with E-state index >= 15 is 0 Å². The second-order valence-corrected chi connectivity index (χ2v) is 16.1. The normalized spacial score (nSPS) is 11.5. The monoisotopic (exact) mass is 846 g/mol. The van der Waals surface area contributed by atoms with Gasteiger partial charge in [0.15, 0.2) is 0 Å². The van der Waals surface area contributed by atoms with Gasteiger partial charge >= 0.3 is 0 Å². The first-order valence-corrected chi connectivity index (χ1v) is 24.0. The highest BCUT2D eigenvalue weighted by Gasteiger charge is 2.07. The van der Waals surface area contributed by atoms with Crippen LogP contribution in [0.1, 0.15) is 205 Å². The Bertz CT molecular complexity index is 1050. The fourth-order valence-electron chi connectivity index (χ4n) is 6.77. The molecule has 2 aromatic rings. The minimum absolute atomic E-state index is 0.743. The number of benzene rings is 2. The van der Waals surface area contributed by atoms with Crippen molar-refractivity contribution in [1.29, 1.82) is 0 Å². The number of rotatable bonds is 36. The van der Waals surface area contributed by atoms with E-state index in [1.165, 1.54) is 167 Å². The Morgan fingerprint density at radius 1 is 0.385 bits per heavy atom. The fourth-order valence-corrected chi connectivity index (χ4v) is 7.70. The number of hydrogen-bond acceptors (Lipinski definition) is 4. The summed E-state index contributed by atoms with van der Waals surface area (Å²) in [4.78, 5) is 0. The molecule has 0 unspecified atom stereocenters. The first kappa shape index (κ1) is 46.8. The predicted octanol–water partition coefficient (Wildman–Crippen LogP) is 17.6. The molecule has 0 amide bonds. The zero-order valence-corrected chi connectivity index (χ0v) is 36.7. The summed E-state index contributed by atoms with van der Waals surface area (Å²) in [6.07, 6.45) is 38.1. The van der Waals surface area contributed by atoms with E-state index in [2.05, 4.69) is 68.1 Å². The molecule has 6 heteroatoms. The molecular formula is C46H76Br2N2O2. The standard InChI is InChI=1S/C46H76Br2N2O2/c1-3-5-7-9-11-13-15-17-19-21-23-25-27-29-35-51-45-37-43(33-31-41(45)39-47)49-50-44-34-32-42(40-48)46(38-44)52-36-30-28-26-24-22-20-18-16-14-12-10-8-6-4-2/h31-34,37-38H,3-30,35-36,39-40H2,1-2H3. The molecule has 0 heterocycles. The van der Waals surface area contributed by atoms with E-state index < -0.39 is 0 Å². The number of ether oxygens (including phenoxy) is 2. The van der Waals surface area contributed by atoms with Gasteiger partial charge in [0.25, 0.3) is 0 Å². The van der Waals surface area contributed by atoms with Gasteiger partial charge in [-0.05, 0) is 25.0 Å². The molecule has 0 aliphatic carbocycles. The Morgan fingerprint density at radius 2 is 0.654 bits per heavy atom. The van der Waals surface area contributed by atoms with Crippen LogP contribution in [0.3, 0.4) is 0 Å². The predicted molar refractivity (Wildman–Crippen MR) is 234 cm³/mol. The van der Waals surface area contributed by atoms with Crippen molar-refractivity contribution < 1.29 is 9.47 Å². The van der Waals surface area contributed by atoms with E-state index in [-0.39, 0.29) is 0 Å². The van der Waals surface area contributed by atoms with Gasteiger partial charge in [-0.25, -0.2) is 0 Å². The van der Waals surface area contributed by atoms with Crippen molar-refractivity contribution >= 4 is 43.2 Å². The van der Waals surface area contributed by atoms with Crippen molar-refractivity contribution in [3.63, 3.8) is 0 Å². The lowest BCUT2D eigenvalue weighted by Gasteiger charge is -2.11. The van der Waals surface area contributed by atoms with E-state index in [1.807, 2.05) is 24.3 Å². The quantitative estimate of drug-likeness (QED) is 0.0389. The Morgan fingerprint density at radius 3 is 0.923 bits per heavy atom. The molecule has 0 spiro atoms. The molecule has 0 saturated heterocycles. The maximum absolute atomic E-state index is 6.24. The van der Waals surface area contributed by atoms with Crippen LogP contribution in [-0.2, 0) is 10.7 Å². The summed E-state index contributed by atoms with van der Waals surface area (Å²) in [6, 6.07) is 12.2. The van der Waals surface area contributed by atoms with E-state index in [1.54, 1.807) is 0 Å². The minimum atomic E-state index is 0.743. The maximum Gasteiger partial charge on any atom is 0.125 e. The van der Waals surface area contributed by atoms with Crippen molar-refractivity contribution in [2.24, 2.45) is 10.2 Å². The van der Waals surface area contributed by atoms with Crippen molar-refractivity contribution in [2.75, 3.05) is 13.2 Å². The molecule has 52 heavy (non-hydrogen) atoms. The molecule has 4 nitrogen and oxygen atoms in total. The van der Waals surface area contributed by atoms with Gasteiger partial charge in [0.1, 0.15) is 11.5 Å². The molecule has 2 rings (SSSR count). The van der Waals surface area contributed by atoms with Crippen LogP contribution < -0.4 is 9.47 Å². The summed E-state index contributed by atoms with van der Waals surface area (Å²) in [6.45, 7) is 6.07. The maximum atomic E-state index is 6.24. The van der Waals surface area contributed by atoms with E-state index in [0.29, 0.717) is 0 Å². The van der Waals surface area contributed by atoms with Crippen molar-refractivity contribution in [3.8, 4) is 11.5 Å². The number of unbranched alkanes of at least 4 members (excludes halogenated alkanes) is 26. The lowest BCUT2D eigenvalue weighted by Crippen LogP contribution is -1.99. The summed E-state index contributed by atoms with van der Waals surface area (Å²) in [7, 11) is 0. The molecule has 2 aromatic carbocycles. The van der Waals surface area contributed by atoms with Crippen LogP contribution >= 0.6 is 31.9 Å². The number of azo groups is 1.